The quantitative estimate of drug-likeness (QED) is 0.297. The van der Waals surface area contributed by atoms with Gasteiger partial charge >= 0.3 is 0 Å². The lowest BCUT2D eigenvalue weighted by molar-refractivity contribution is 0.0591. The van der Waals surface area contributed by atoms with Crippen LogP contribution in [-0.2, 0) is 0 Å². The molecule has 1 aromatic carbocycles. The number of hydrogen-bond donors (Lipinski definition) is 1. The Labute approximate surface area is 257 Å². The first-order valence-electron chi connectivity index (χ1n) is 15.2. The monoisotopic (exact) mass is 613 g/mol. The number of nitrogens with one attached hydrogen (secondary N) is 1. The molecule has 0 spiro atoms. The van der Waals surface area contributed by atoms with E-state index in [0.717, 1.165) is 56.8 Å². The fraction of sp³-hybridized carbons (Fsp3) is 0.531. The molecule has 1 unspecified atom stereocenters. The summed E-state index contributed by atoms with van der Waals surface area (Å²) in [5.74, 6) is -0.313. The zero-order valence-electron chi connectivity index (χ0n) is 26.3. The van der Waals surface area contributed by atoms with Crippen LogP contribution in [0.1, 0.15) is 52.0 Å². The third-order valence-corrected chi connectivity index (χ3v) is 7.93. The number of fused-ring (bicyclic) bond motifs is 1. The minimum atomic E-state index is -1.67. The van der Waals surface area contributed by atoms with Crippen LogP contribution in [0, 0.1) is 11.6 Å². The van der Waals surface area contributed by atoms with Crippen molar-refractivity contribution >= 4 is 17.5 Å². The highest BCUT2D eigenvalue weighted by molar-refractivity contribution is 5.73. The number of ether oxygens (including phenoxy) is 2. The van der Waals surface area contributed by atoms with E-state index in [9.17, 15) is 4.39 Å². The molecule has 0 saturated carbocycles. The van der Waals surface area contributed by atoms with Gasteiger partial charge < -0.3 is 29.5 Å². The Morgan fingerprint density at radius 2 is 1.82 bits per heavy atom. The molecule has 44 heavy (non-hydrogen) atoms. The van der Waals surface area contributed by atoms with Gasteiger partial charge in [0.1, 0.15) is 11.5 Å². The Morgan fingerprint density at radius 3 is 2.50 bits per heavy atom. The van der Waals surface area contributed by atoms with Crippen LogP contribution < -0.4 is 19.7 Å². The third kappa shape index (κ3) is 7.35. The molecule has 2 aromatic heterocycles. The molecular formula is C32H42F3N7O2. The summed E-state index contributed by atoms with van der Waals surface area (Å²) in [5.41, 5.74) is 1.48. The molecule has 0 bridgehead atoms. The van der Waals surface area contributed by atoms with Crippen molar-refractivity contribution in [2.75, 3.05) is 57.0 Å². The standard InChI is InChI=1S/C32H42F3N7O2/c1-19(2)42-18-27(35)44-30-24(33)15-22(16-26(30)42)29-25(34)17-36-32(39-29)38-28-8-7-23(31(37-28)43-20(3)4)21-9-11-41(12-10-21)14-13-40(5)6/h7-8,15-17,19-21,27H,9-14,18H2,1-6H3,(H,36,37,38,39). The number of nitrogens with zero attached hydrogens (tertiary/aromatic N) is 6. The van der Waals surface area contributed by atoms with Crippen molar-refractivity contribution in [2.24, 2.45) is 0 Å². The summed E-state index contributed by atoms with van der Waals surface area (Å²) in [6, 6.07) is 6.39. The highest BCUT2D eigenvalue weighted by Gasteiger charge is 2.31. The van der Waals surface area contributed by atoms with Crippen LogP contribution in [0.2, 0.25) is 0 Å². The second-order valence-electron chi connectivity index (χ2n) is 12.3. The van der Waals surface area contributed by atoms with Crippen LogP contribution in [0.3, 0.4) is 0 Å². The van der Waals surface area contributed by atoms with Gasteiger partial charge in [0.15, 0.2) is 17.4 Å². The number of benzene rings is 1. The lowest BCUT2D eigenvalue weighted by Crippen LogP contribution is -2.42. The minimum Gasteiger partial charge on any atom is -0.475 e. The fourth-order valence-electron chi connectivity index (χ4n) is 5.66. The molecule has 12 heteroatoms. The lowest BCUT2D eigenvalue weighted by atomic mass is 9.90. The molecular weight excluding hydrogens is 571 g/mol. The van der Waals surface area contributed by atoms with E-state index >= 15 is 8.78 Å². The summed E-state index contributed by atoms with van der Waals surface area (Å²) < 4.78 is 55.6. The first-order valence-corrected chi connectivity index (χ1v) is 15.2. The maximum Gasteiger partial charge on any atom is 0.256 e. The van der Waals surface area contributed by atoms with Crippen molar-refractivity contribution in [1.29, 1.82) is 0 Å². The summed E-state index contributed by atoms with van der Waals surface area (Å²) >= 11 is 0. The zero-order valence-corrected chi connectivity index (χ0v) is 26.3. The van der Waals surface area contributed by atoms with Crippen molar-refractivity contribution in [3.05, 3.63) is 47.7 Å². The van der Waals surface area contributed by atoms with Gasteiger partial charge in [0.25, 0.3) is 6.36 Å². The van der Waals surface area contributed by atoms with Gasteiger partial charge in [0.2, 0.25) is 11.8 Å². The number of alkyl halides is 1. The van der Waals surface area contributed by atoms with Crippen LogP contribution in [0.5, 0.6) is 11.6 Å². The molecule has 3 aromatic rings. The van der Waals surface area contributed by atoms with Gasteiger partial charge in [-0.1, -0.05) is 0 Å². The van der Waals surface area contributed by atoms with E-state index in [2.05, 4.69) is 39.2 Å². The Kier molecular flexibility index (Phi) is 9.79. The van der Waals surface area contributed by atoms with Gasteiger partial charge in [0, 0.05) is 30.3 Å². The average Bonchev–Trinajstić information content (AvgIpc) is 2.97. The number of aromatic nitrogens is 3. The van der Waals surface area contributed by atoms with Gasteiger partial charge in [-0.3, -0.25) is 0 Å². The Hall–Kier alpha value is -3.64. The van der Waals surface area contributed by atoms with Gasteiger partial charge in [-0.25, -0.2) is 18.7 Å². The van der Waals surface area contributed by atoms with E-state index in [4.69, 9.17) is 14.5 Å². The highest BCUT2D eigenvalue weighted by Crippen LogP contribution is 2.41. The predicted molar refractivity (Wildman–Crippen MR) is 166 cm³/mol. The number of likely N-dealkylation sites (tertiary alicyclic amines) is 1. The number of rotatable bonds is 10. The molecule has 5 rings (SSSR count). The average molecular weight is 614 g/mol. The molecule has 1 N–H and O–H groups in total. The molecule has 238 valence electrons. The molecule has 1 atom stereocenters. The number of anilines is 3. The molecule has 9 nitrogen and oxygen atoms in total. The Bertz CT molecular complexity index is 1450. The first-order chi connectivity index (χ1) is 21.0. The normalized spacial score (nSPS) is 17.7. The van der Waals surface area contributed by atoms with E-state index in [0.29, 0.717) is 23.3 Å². The van der Waals surface area contributed by atoms with Gasteiger partial charge in [-0.05, 0) is 97.9 Å². The van der Waals surface area contributed by atoms with Crippen molar-refractivity contribution in [1.82, 2.24) is 24.8 Å². The lowest BCUT2D eigenvalue weighted by Gasteiger charge is -2.36. The smallest absolute Gasteiger partial charge is 0.256 e. The van der Waals surface area contributed by atoms with Crippen LogP contribution in [0.25, 0.3) is 11.3 Å². The maximum atomic E-state index is 15.1. The largest absolute Gasteiger partial charge is 0.475 e. The molecule has 4 heterocycles. The van der Waals surface area contributed by atoms with Crippen molar-refractivity contribution < 1.29 is 22.6 Å². The van der Waals surface area contributed by atoms with Crippen LogP contribution in [0.15, 0.2) is 30.5 Å². The van der Waals surface area contributed by atoms with E-state index in [-0.39, 0.29) is 41.6 Å². The topological polar surface area (TPSA) is 78.9 Å². The number of halogens is 3. The first kappa shape index (κ1) is 31.8. The molecule has 0 radical (unpaired) electrons. The van der Waals surface area contributed by atoms with E-state index in [1.807, 2.05) is 39.8 Å². The molecule has 0 aliphatic carbocycles. The predicted octanol–water partition coefficient (Wildman–Crippen LogP) is 5.99. The van der Waals surface area contributed by atoms with E-state index in [1.165, 1.54) is 0 Å². The summed E-state index contributed by atoms with van der Waals surface area (Å²) in [6.07, 6.45) is 1.32. The summed E-state index contributed by atoms with van der Waals surface area (Å²) in [6.45, 7) is 11.7. The Morgan fingerprint density at radius 1 is 1.07 bits per heavy atom. The van der Waals surface area contributed by atoms with Gasteiger partial charge in [-0.2, -0.15) is 9.37 Å². The molecule has 1 fully saturated rings. The second kappa shape index (κ2) is 13.6. The highest BCUT2D eigenvalue weighted by atomic mass is 19.1. The fourth-order valence-corrected chi connectivity index (χ4v) is 5.66. The third-order valence-electron chi connectivity index (χ3n) is 7.93. The van der Waals surface area contributed by atoms with Crippen molar-refractivity contribution in [3.8, 4) is 22.9 Å². The van der Waals surface area contributed by atoms with E-state index < -0.39 is 18.0 Å². The van der Waals surface area contributed by atoms with Gasteiger partial charge in [-0.15, -0.1) is 0 Å². The number of hydrogen-bond acceptors (Lipinski definition) is 9. The zero-order chi connectivity index (χ0) is 31.5. The summed E-state index contributed by atoms with van der Waals surface area (Å²) in [4.78, 5) is 19.6. The second-order valence-corrected chi connectivity index (χ2v) is 12.3. The molecule has 2 aliphatic heterocycles. The molecule has 2 aliphatic rings. The van der Waals surface area contributed by atoms with Crippen LogP contribution >= 0.6 is 0 Å². The summed E-state index contributed by atoms with van der Waals surface area (Å²) in [5, 5.41) is 3.06. The van der Waals surface area contributed by atoms with Gasteiger partial charge in [0.05, 0.1) is 24.5 Å². The van der Waals surface area contributed by atoms with Crippen molar-refractivity contribution in [2.45, 2.75) is 65.0 Å². The van der Waals surface area contributed by atoms with E-state index in [1.54, 1.807) is 11.0 Å². The van der Waals surface area contributed by atoms with Crippen LogP contribution in [-0.4, -0.2) is 90.1 Å². The number of pyridine rings is 1. The Balaban J connectivity index is 1.38. The molecule has 0 amide bonds. The minimum absolute atomic E-state index is 0.0648. The SMILES string of the molecule is CC(C)Oc1nc(Nc2ncc(F)c(-c3cc(F)c4c(c3)N(C(C)C)CC(F)O4)n2)ccc1C1CCN(CCN(C)C)CC1. The summed E-state index contributed by atoms with van der Waals surface area (Å²) in [7, 11) is 4.18. The van der Waals surface area contributed by atoms with Crippen LogP contribution in [0.4, 0.5) is 30.6 Å². The maximum absolute atomic E-state index is 15.1. The number of piperidine rings is 1. The number of likely N-dealkylation sites (N-methyl/N-ethyl adjacent to an activating group) is 1. The van der Waals surface area contributed by atoms with Crippen molar-refractivity contribution in [3.63, 3.8) is 0 Å². The molecule has 1 saturated heterocycles.